The van der Waals surface area contributed by atoms with Gasteiger partial charge in [-0.1, -0.05) is 18.2 Å². The van der Waals surface area contributed by atoms with Crippen LogP contribution in [0.3, 0.4) is 0 Å². The summed E-state index contributed by atoms with van der Waals surface area (Å²) in [6, 6.07) is 7.13. The van der Waals surface area contributed by atoms with Crippen molar-refractivity contribution in [3.05, 3.63) is 35.4 Å². The van der Waals surface area contributed by atoms with Crippen molar-refractivity contribution in [3.8, 4) is 0 Å². The van der Waals surface area contributed by atoms with E-state index < -0.39 is 0 Å². The SMILES string of the molecule is CCOC(=O)[C@H]1CNC(=O)c2ccccc21. The van der Waals surface area contributed by atoms with Crippen LogP contribution in [-0.2, 0) is 9.53 Å². The maximum atomic E-state index is 11.7. The van der Waals surface area contributed by atoms with Gasteiger partial charge in [0.1, 0.15) is 0 Å². The van der Waals surface area contributed by atoms with Crippen molar-refractivity contribution in [3.63, 3.8) is 0 Å². The van der Waals surface area contributed by atoms with Gasteiger partial charge in [0.25, 0.3) is 5.91 Å². The van der Waals surface area contributed by atoms with Gasteiger partial charge >= 0.3 is 5.97 Å². The number of ether oxygens (including phenoxy) is 1. The summed E-state index contributed by atoms with van der Waals surface area (Å²) in [6.45, 7) is 2.44. The quantitative estimate of drug-likeness (QED) is 0.757. The predicted molar refractivity (Wildman–Crippen MR) is 58.1 cm³/mol. The van der Waals surface area contributed by atoms with E-state index in [1.54, 1.807) is 25.1 Å². The van der Waals surface area contributed by atoms with Crippen molar-refractivity contribution < 1.29 is 14.3 Å². The van der Waals surface area contributed by atoms with Gasteiger partial charge in [-0.05, 0) is 18.6 Å². The van der Waals surface area contributed by atoms with Gasteiger partial charge in [-0.25, -0.2) is 0 Å². The highest BCUT2D eigenvalue weighted by Crippen LogP contribution is 2.24. The molecule has 1 atom stereocenters. The second kappa shape index (κ2) is 4.35. The Hall–Kier alpha value is -1.84. The molecule has 0 bridgehead atoms. The van der Waals surface area contributed by atoms with Crippen molar-refractivity contribution >= 4 is 11.9 Å². The molecule has 0 saturated heterocycles. The summed E-state index contributed by atoms with van der Waals surface area (Å²) >= 11 is 0. The van der Waals surface area contributed by atoms with Crippen molar-refractivity contribution in [2.45, 2.75) is 12.8 Å². The first-order chi connectivity index (χ1) is 7.74. The fraction of sp³-hybridized carbons (Fsp3) is 0.333. The maximum Gasteiger partial charge on any atom is 0.315 e. The van der Waals surface area contributed by atoms with Crippen LogP contribution in [0.4, 0.5) is 0 Å². The molecule has 0 saturated carbocycles. The van der Waals surface area contributed by atoms with Gasteiger partial charge in [-0.15, -0.1) is 0 Å². The van der Waals surface area contributed by atoms with Crippen LogP contribution in [0, 0.1) is 0 Å². The molecule has 1 aliphatic rings. The highest BCUT2D eigenvalue weighted by molar-refractivity contribution is 5.99. The van der Waals surface area contributed by atoms with Crippen molar-refractivity contribution in [1.82, 2.24) is 5.32 Å². The summed E-state index contributed by atoms with van der Waals surface area (Å²) in [5.41, 5.74) is 1.32. The summed E-state index contributed by atoms with van der Waals surface area (Å²) < 4.78 is 4.98. The predicted octanol–water partition coefficient (Wildman–Crippen LogP) is 1.08. The fourth-order valence-corrected chi connectivity index (χ4v) is 1.86. The normalized spacial score (nSPS) is 18.6. The number of carbonyl (C=O) groups is 2. The van der Waals surface area contributed by atoms with Crippen LogP contribution in [0.25, 0.3) is 0 Å². The topological polar surface area (TPSA) is 55.4 Å². The number of hydrogen-bond acceptors (Lipinski definition) is 3. The number of amides is 1. The summed E-state index contributed by atoms with van der Waals surface area (Å²) in [5, 5.41) is 2.69. The number of esters is 1. The largest absolute Gasteiger partial charge is 0.465 e. The number of carbonyl (C=O) groups excluding carboxylic acids is 2. The van der Waals surface area contributed by atoms with Crippen LogP contribution < -0.4 is 5.32 Å². The smallest absolute Gasteiger partial charge is 0.315 e. The van der Waals surface area contributed by atoms with Gasteiger partial charge in [-0.3, -0.25) is 9.59 Å². The lowest BCUT2D eigenvalue weighted by molar-refractivity contribution is -0.144. The van der Waals surface area contributed by atoms with E-state index in [1.807, 2.05) is 6.07 Å². The molecule has 1 aromatic rings. The zero-order valence-corrected chi connectivity index (χ0v) is 9.03. The monoisotopic (exact) mass is 219 g/mol. The second-order valence-corrected chi connectivity index (χ2v) is 3.60. The van der Waals surface area contributed by atoms with E-state index in [-0.39, 0.29) is 17.8 Å². The van der Waals surface area contributed by atoms with Gasteiger partial charge in [0.2, 0.25) is 0 Å². The summed E-state index contributed by atoms with van der Waals surface area (Å²) in [5.74, 6) is -0.792. The number of hydrogen-bond donors (Lipinski definition) is 1. The molecule has 0 aromatic heterocycles. The molecule has 4 nitrogen and oxygen atoms in total. The number of fused-ring (bicyclic) bond motifs is 1. The van der Waals surface area contributed by atoms with Crippen LogP contribution in [0.2, 0.25) is 0 Å². The third kappa shape index (κ3) is 1.78. The van der Waals surface area contributed by atoms with Crippen LogP contribution in [0.15, 0.2) is 24.3 Å². The maximum absolute atomic E-state index is 11.7. The van der Waals surface area contributed by atoms with E-state index >= 15 is 0 Å². The first-order valence-electron chi connectivity index (χ1n) is 5.27. The Bertz CT molecular complexity index is 428. The highest BCUT2D eigenvalue weighted by atomic mass is 16.5. The van der Waals surface area contributed by atoms with E-state index in [2.05, 4.69) is 5.32 Å². The first-order valence-corrected chi connectivity index (χ1v) is 5.27. The van der Waals surface area contributed by atoms with Crippen molar-refractivity contribution in [2.75, 3.05) is 13.2 Å². The van der Waals surface area contributed by atoms with Gasteiger partial charge in [0, 0.05) is 12.1 Å². The molecule has 0 radical (unpaired) electrons. The lowest BCUT2D eigenvalue weighted by atomic mass is 9.90. The Kier molecular flexibility index (Phi) is 2.90. The average molecular weight is 219 g/mol. The fourth-order valence-electron chi connectivity index (χ4n) is 1.86. The number of benzene rings is 1. The van der Waals surface area contributed by atoms with Crippen molar-refractivity contribution in [1.29, 1.82) is 0 Å². The summed E-state index contributed by atoms with van der Waals surface area (Å²) in [7, 11) is 0. The molecule has 1 N–H and O–H groups in total. The minimum Gasteiger partial charge on any atom is -0.465 e. The van der Waals surface area contributed by atoms with E-state index in [1.165, 1.54) is 0 Å². The van der Waals surface area contributed by atoms with Crippen molar-refractivity contribution in [2.24, 2.45) is 0 Å². The molecule has 84 valence electrons. The van der Waals surface area contributed by atoms with Crippen LogP contribution in [0.1, 0.15) is 28.8 Å². The Balaban J connectivity index is 2.34. The zero-order chi connectivity index (χ0) is 11.5. The lowest BCUT2D eigenvalue weighted by Gasteiger charge is -2.23. The molecule has 2 rings (SSSR count). The average Bonchev–Trinajstić information content (AvgIpc) is 2.30. The minimum absolute atomic E-state index is 0.129. The highest BCUT2D eigenvalue weighted by Gasteiger charge is 2.30. The van der Waals surface area contributed by atoms with Gasteiger partial charge in [0.05, 0.1) is 12.5 Å². The molecule has 0 aliphatic carbocycles. The zero-order valence-electron chi connectivity index (χ0n) is 9.03. The molecular weight excluding hydrogens is 206 g/mol. The molecule has 1 aromatic carbocycles. The standard InChI is InChI=1S/C12H13NO3/c1-2-16-12(15)10-7-13-11(14)9-6-4-3-5-8(9)10/h3-6,10H,2,7H2,1H3,(H,13,14)/t10-/m0/s1. The van der Waals surface area contributed by atoms with E-state index in [9.17, 15) is 9.59 Å². The van der Waals surface area contributed by atoms with Gasteiger partial charge < -0.3 is 10.1 Å². The van der Waals surface area contributed by atoms with Crippen LogP contribution >= 0.6 is 0 Å². The molecule has 1 aliphatic heterocycles. The molecule has 1 heterocycles. The number of nitrogens with one attached hydrogen (secondary N) is 1. The molecule has 0 unspecified atom stereocenters. The Labute approximate surface area is 93.6 Å². The molecule has 16 heavy (non-hydrogen) atoms. The van der Waals surface area contributed by atoms with E-state index in [4.69, 9.17) is 4.74 Å². The molecule has 0 spiro atoms. The van der Waals surface area contributed by atoms with Crippen LogP contribution in [-0.4, -0.2) is 25.0 Å². The number of rotatable bonds is 2. The second-order valence-electron chi connectivity index (χ2n) is 3.60. The molecule has 1 amide bonds. The Morgan fingerprint density at radius 3 is 3.00 bits per heavy atom. The first kappa shape index (κ1) is 10.7. The molecule has 4 heteroatoms. The molecular formula is C12H13NO3. The summed E-state index contributed by atoms with van der Waals surface area (Å²) in [4.78, 5) is 23.2. The third-order valence-electron chi connectivity index (χ3n) is 2.62. The minimum atomic E-state index is -0.381. The van der Waals surface area contributed by atoms with Crippen LogP contribution in [0.5, 0.6) is 0 Å². The van der Waals surface area contributed by atoms with Gasteiger partial charge in [0.15, 0.2) is 0 Å². The van der Waals surface area contributed by atoms with E-state index in [0.29, 0.717) is 18.7 Å². The van der Waals surface area contributed by atoms with Gasteiger partial charge in [-0.2, -0.15) is 0 Å². The summed E-state index contributed by atoms with van der Waals surface area (Å²) in [6.07, 6.45) is 0. The van der Waals surface area contributed by atoms with E-state index in [0.717, 1.165) is 5.56 Å². The Morgan fingerprint density at radius 2 is 2.25 bits per heavy atom. The molecule has 0 fully saturated rings. The third-order valence-corrected chi connectivity index (χ3v) is 2.62. The lowest BCUT2D eigenvalue weighted by Crippen LogP contribution is -2.38. The Morgan fingerprint density at radius 1 is 1.50 bits per heavy atom.